The van der Waals surface area contributed by atoms with Gasteiger partial charge in [0.25, 0.3) is 10.0 Å². The molecule has 1 heterocycles. The van der Waals surface area contributed by atoms with Gasteiger partial charge in [-0.2, -0.15) is 0 Å². The van der Waals surface area contributed by atoms with E-state index in [2.05, 4.69) is 9.71 Å². The maximum atomic E-state index is 12.3. The molecule has 0 saturated heterocycles. The van der Waals surface area contributed by atoms with Crippen LogP contribution in [-0.4, -0.2) is 13.4 Å². The van der Waals surface area contributed by atoms with Gasteiger partial charge >= 0.3 is 0 Å². The highest BCUT2D eigenvalue weighted by molar-refractivity contribution is 7.92. The van der Waals surface area contributed by atoms with Gasteiger partial charge in [0.2, 0.25) is 0 Å². The van der Waals surface area contributed by atoms with Gasteiger partial charge < -0.3 is 5.73 Å². The number of anilines is 2. The van der Waals surface area contributed by atoms with Gasteiger partial charge in [-0.3, -0.25) is 4.72 Å². The van der Waals surface area contributed by atoms with E-state index in [4.69, 9.17) is 17.3 Å². The lowest BCUT2D eigenvalue weighted by Crippen LogP contribution is -2.14. The summed E-state index contributed by atoms with van der Waals surface area (Å²) in [6.45, 7) is 3.65. The summed E-state index contributed by atoms with van der Waals surface area (Å²) >= 11 is 5.84. The third kappa shape index (κ3) is 2.86. The van der Waals surface area contributed by atoms with Gasteiger partial charge in [0.05, 0.1) is 10.6 Å². The van der Waals surface area contributed by atoms with Crippen molar-refractivity contribution in [2.24, 2.45) is 0 Å². The number of aromatic nitrogens is 1. The van der Waals surface area contributed by atoms with E-state index in [0.717, 1.165) is 11.1 Å². The molecule has 0 bridgehead atoms. The van der Waals surface area contributed by atoms with Crippen LogP contribution in [-0.2, 0) is 10.0 Å². The van der Waals surface area contributed by atoms with Gasteiger partial charge in [0, 0.05) is 11.9 Å². The number of benzene rings is 1. The number of hydrogen-bond acceptors (Lipinski definition) is 4. The molecule has 2 aromatic rings. The quantitative estimate of drug-likeness (QED) is 0.674. The van der Waals surface area contributed by atoms with E-state index >= 15 is 0 Å². The largest absolute Gasteiger partial charge is 0.398 e. The molecule has 3 N–H and O–H groups in total. The third-order valence-electron chi connectivity index (χ3n) is 2.99. The summed E-state index contributed by atoms with van der Waals surface area (Å²) in [6.07, 6.45) is 1.48. The number of halogens is 1. The summed E-state index contributed by atoms with van der Waals surface area (Å²) < 4.78 is 27.0. The predicted octanol–water partition coefficient (Wildman–Crippen LogP) is 2.73. The van der Waals surface area contributed by atoms with Crippen molar-refractivity contribution >= 4 is 33.0 Å². The molecule has 0 aliphatic rings. The minimum Gasteiger partial charge on any atom is -0.398 e. The minimum absolute atomic E-state index is 0.0906. The summed E-state index contributed by atoms with van der Waals surface area (Å²) in [6, 6.07) is 6.13. The highest BCUT2D eigenvalue weighted by atomic mass is 35.5. The van der Waals surface area contributed by atoms with Crippen LogP contribution in [0, 0.1) is 13.8 Å². The van der Waals surface area contributed by atoms with Gasteiger partial charge in [-0.15, -0.1) is 0 Å². The SMILES string of the molecule is Cc1cc(S(=O)(=O)Nc2cccnc2Cl)cc(N)c1C. The van der Waals surface area contributed by atoms with Crippen LogP contribution in [0.2, 0.25) is 5.15 Å². The molecule has 0 radical (unpaired) electrons. The lowest BCUT2D eigenvalue weighted by atomic mass is 10.1. The summed E-state index contributed by atoms with van der Waals surface area (Å²) in [7, 11) is -3.75. The molecule has 1 aromatic carbocycles. The van der Waals surface area contributed by atoms with Crippen molar-refractivity contribution in [3.05, 3.63) is 46.7 Å². The lowest BCUT2D eigenvalue weighted by molar-refractivity contribution is 0.601. The number of nitrogens with two attached hydrogens (primary N) is 1. The molecule has 0 fully saturated rings. The smallest absolute Gasteiger partial charge is 0.262 e. The molecule has 20 heavy (non-hydrogen) atoms. The fourth-order valence-corrected chi connectivity index (χ4v) is 3.08. The van der Waals surface area contributed by atoms with E-state index in [1.54, 1.807) is 12.1 Å². The normalized spacial score (nSPS) is 11.3. The minimum atomic E-state index is -3.75. The zero-order chi connectivity index (χ0) is 14.9. The molecule has 0 aliphatic carbocycles. The molecule has 0 spiro atoms. The molecular formula is C13H14ClN3O2S. The molecule has 0 atom stereocenters. The van der Waals surface area contributed by atoms with Gasteiger partial charge in [0.15, 0.2) is 5.15 Å². The molecule has 7 heteroatoms. The molecule has 0 unspecified atom stereocenters. The Hall–Kier alpha value is -1.79. The highest BCUT2D eigenvalue weighted by Crippen LogP contribution is 2.25. The lowest BCUT2D eigenvalue weighted by Gasteiger charge is -2.12. The Bertz CT molecular complexity index is 737. The zero-order valence-corrected chi connectivity index (χ0v) is 12.6. The van der Waals surface area contributed by atoms with Gasteiger partial charge in [-0.1, -0.05) is 11.6 Å². The second-order valence-electron chi connectivity index (χ2n) is 4.40. The van der Waals surface area contributed by atoms with Crippen molar-refractivity contribution in [3.63, 3.8) is 0 Å². The highest BCUT2D eigenvalue weighted by Gasteiger charge is 2.17. The number of pyridine rings is 1. The van der Waals surface area contributed by atoms with Crippen LogP contribution in [0.1, 0.15) is 11.1 Å². The van der Waals surface area contributed by atoms with Crippen LogP contribution in [0.4, 0.5) is 11.4 Å². The average Bonchev–Trinajstić information content (AvgIpc) is 2.38. The topological polar surface area (TPSA) is 85.1 Å². The van der Waals surface area contributed by atoms with E-state index in [1.807, 2.05) is 13.8 Å². The molecule has 1 aromatic heterocycles. The zero-order valence-electron chi connectivity index (χ0n) is 11.0. The Morgan fingerprint density at radius 1 is 1.30 bits per heavy atom. The molecule has 106 valence electrons. The fourth-order valence-electron chi connectivity index (χ4n) is 1.67. The standard InChI is InChI=1S/C13H14ClN3O2S/c1-8-6-10(7-11(15)9(8)2)20(18,19)17-12-4-3-5-16-13(12)14/h3-7,17H,15H2,1-2H3. The fraction of sp³-hybridized carbons (Fsp3) is 0.154. The van der Waals surface area contributed by atoms with Crippen LogP contribution < -0.4 is 10.5 Å². The van der Waals surface area contributed by atoms with E-state index in [9.17, 15) is 8.42 Å². The van der Waals surface area contributed by atoms with Crippen LogP contribution in [0.5, 0.6) is 0 Å². The van der Waals surface area contributed by atoms with E-state index in [0.29, 0.717) is 5.69 Å². The number of hydrogen-bond donors (Lipinski definition) is 2. The number of sulfonamides is 1. The number of aryl methyl sites for hydroxylation is 1. The summed E-state index contributed by atoms with van der Waals surface area (Å²) in [5.74, 6) is 0. The maximum absolute atomic E-state index is 12.3. The van der Waals surface area contributed by atoms with E-state index < -0.39 is 10.0 Å². The second-order valence-corrected chi connectivity index (χ2v) is 6.44. The van der Waals surface area contributed by atoms with Crippen molar-refractivity contribution in [3.8, 4) is 0 Å². The third-order valence-corrected chi connectivity index (χ3v) is 4.64. The van der Waals surface area contributed by atoms with Crippen molar-refractivity contribution in [2.45, 2.75) is 18.7 Å². The van der Waals surface area contributed by atoms with E-state index in [1.165, 1.54) is 18.3 Å². The van der Waals surface area contributed by atoms with Crippen molar-refractivity contribution in [2.75, 3.05) is 10.5 Å². The molecule has 0 amide bonds. The molecule has 5 nitrogen and oxygen atoms in total. The van der Waals surface area contributed by atoms with Crippen molar-refractivity contribution in [1.29, 1.82) is 0 Å². The van der Waals surface area contributed by atoms with Gasteiger partial charge in [-0.05, 0) is 49.2 Å². The Balaban J connectivity index is 2.44. The van der Waals surface area contributed by atoms with Crippen molar-refractivity contribution < 1.29 is 8.42 Å². The van der Waals surface area contributed by atoms with Crippen LogP contribution in [0.3, 0.4) is 0 Å². The Morgan fingerprint density at radius 3 is 2.60 bits per heavy atom. The molecule has 2 rings (SSSR count). The van der Waals surface area contributed by atoms with Gasteiger partial charge in [0.1, 0.15) is 0 Å². The summed E-state index contributed by atoms with van der Waals surface area (Å²) in [5.41, 5.74) is 8.14. The van der Waals surface area contributed by atoms with Crippen LogP contribution in [0.25, 0.3) is 0 Å². The molecular weight excluding hydrogens is 298 g/mol. The first kappa shape index (κ1) is 14.6. The van der Waals surface area contributed by atoms with Crippen LogP contribution >= 0.6 is 11.6 Å². The Kier molecular flexibility index (Phi) is 3.87. The maximum Gasteiger partial charge on any atom is 0.262 e. The first-order valence-electron chi connectivity index (χ1n) is 5.81. The van der Waals surface area contributed by atoms with E-state index in [-0.39, 0.29) is 15.7 Å². The predicted molar refractivity (Wildman–Crippen MR) is 80.4 cm³/mol. The summed E-state index contributed by atoms with van der Waals surface area (Å²) in [5, 5.41) is 0.0906. The first-order chi connectivity index (χ1) is 9.31. The average molecular weight is 312 g/mol. The number of nitrogens with one attached hydrogen (secondary N) is 1. The number of nitrogen functional groups attached to an aromatic ring is 1. The van der Waals surface area contributed by atoms with Crippen molar-refractivity contribution in [1.82, 2.24) is 4.98 Å². The number of rotatable bonds is 3. The Morgan fingerprint density at radius 2 is 2.00 bits per heavy atom. The molecule has 0 saturated carbocycles. The summed E-state index contributed by atoms with van der Waals surface area (Å²) in [4.78, 5) is 3.92. The first-order valence-corrected chi connectivity index (χ1v) is 7.67. The number of nitrogens with zero attached hydrogens (tertiary/aromatic N) is 1. The monoisotopic (exact) mass is 311 g/mol. The van der Waals surface area contributed by atoms with Crippen LogP contribution in [0.15, 0.2) is 35.4 Å². The second kappa shape index (κ2) is 5.30. The molecule has 0 aliphatic heterocycles. The Labute approximate surface area is 122 Å². The van der Waals surface area contributed by atoms with Gasteiger partial charge in [-0.25, -0.2) is 13.4 Å².